The highest BCUT2D eigenvalue weighted by atomic mass is 16.1. The summed E-state index contributed by atoms with van der Waals surface area (Å²) in [4.78, 5) is 14.8. The Morgan fingerprint density at radius 1 is 1.04 bits per heavy atom. The third-order valence-electron chi connectivity index (χ3n) is 4.71. The maximum Gasteiger partial charge on any atom is 0.251 e. The Labute approximate surface area is 144 Å². The zero-order chi connectivity index (χ0) is 16.8. The Kier molecular flexibility index (Phi) is 5.65. The van der Waals surface area contributed by atoms with Crippen LogP contribution in [0.1, 0.15) is 35.7 Å². The Hall–Kier alpha value is -2.13. The highest BCUT2D eigenvalue weighted by Crippen LogP contribution is 2.22. The molecule has 1 fully saturated rings. The summed E-state index contributed by atoms with van der Waals surface area (Å²) in [7, 11) is 0. The molecule has 0 saturated carbocycles. The van der Waals surface area contributed by atoms with Gasteiger partial charge < -0.3 is 10.2 Å². The molecular formula is C21H26N2O. The van der Waals surface area contributed by atoms with E-state index in [1.165, 1.54) is 37.1 Å². The fourth-order valence-electron chi connectivity index (χ4n) is 3.25. The second-order valence-electron chi connectivity index (χ2n) is 6.44. The van der Waals surface area contributed by atoms with Crippen molar-refractivity contribution >= 4 is 5.91 Å². The molecule has 1 N–H and O–H groups in total. The summed E-state index contributed by atoms with van der Waals surface area (Å²) in [6.07, 6.45) is 3.59. The van der Waals surface area contributed by atoms with E-state index in [4.69, 9.17) is 0 Å². The van der Waals surface area contributed by atoms with Gasteiger partial charge in [-0.25, -0.2) is 0 Å². The lowest BCUT2D eigenvalue weighted by Crippen LogP contribution is -2.33. The monoisotopic (exact) mass is 322 g/mol. The number of benzene rings is 2. The number of amides is 1. The van der Waals surface area contributed by atoms with Crippen molar-refractivity contribution in [3.05, 3.63) is 59.7 Å². The van der Waals surface area contributed by atoms with Crippen molar-refractivity contribution in [3.8, 4) is 11.1 Å². The van der Waals surface area contributed by atoms with Gasteiger partial charge in [0.15, 0.2) is 0 Å². The Balaban J connectivity index is 1.64. The third-order valence-corrected chi connectivity index (χ3v) is 4.71. The van der Waals surface area contributed by atoms with Crippen LogP contribution in [-0.4, -0.2) is 37.0 Å². The number of nitrogens with one attached hydrogen (secondary N) is 1. The highest BCUT2D eigenvalue weighted by Gasteiger charge is 2.12. The van der Waals surface area contributed by atoms with Crippen LogP contribution in [0.5, 0.6) is 0 Å². The van der Waals surface area contributed by atoms with Gasteiger partial charge in [0.25, 0.3) is 5.91 Å². The van der Waals surface area contributed by atoms with E-state index >= 15 is 0 Å². The van der Waals surface area contributed by atoms with Crippen LogP contribution in [0.25, 0.3) is 11.1 Å². The summed E-state index contributed by atoms with van der Waals surface area (Å²) in [6.45, 7) is 6.15. The van der Waals surface area contributed by atoms with Crippen molar-refractivity contribution in [1.82, 2.24) is 10.2 Å². The normalized spacial score (nSPS) is 14.7. The van der Waals surface area contributed by atoms with E-state index in [1.54, 1.807) is 0 Å². The molecule has 3 nitrogen and oxygen atoms in total. The Morgan fingerprint density at radius 3 is 2.50 bits per heavy atom. The van der Waals surface area contributed by atoms with Gasteiger partial charge >= 0.3 is 0 Å². The lowest BCUT2D eigenvalue weighted by molar-refractivity contribution is 0.0950. The molecular weight excluding hydrogens is 296 g/mol. The molecule has 2 aromatic carbocycles. The van der Waals surface area contributed by atoms with Gasteiger partial charge in [0, 0.05) is 18.7 Å². The number of carbonyl (C=O) groups excluding carboxylic acids is 1. The summed E-state index contributed by atoms with van der Waals surface area (Å²) in [5, 5.41) is 3.05. The van der Waals surface area contributed by atoms with Gasteiger partial charge in [-0.05, 0) is 61.2 Å². The minimum atomic E-state index is 0.0164. The van der Waals surface area contributed by atoms with Gasteiger partial charge in [0.1, 0.15) is 0 Å². The fraction of sp³-hybridized carbons (Fsp3) is 0.381. The van der Waals surface area contributed by atoms with Crippen molar-refractivity contribution in [2.24, 2.45) is 0 Å². The van der Waals surface area contributed by atoms with Gasteiger partial charge in [-0.15, -0.1) is 0 Å². The van der Waals surface area contributed by atoms with Crippen LogP contribution in [0.15, 0.2) is 48.5 Å². The summed E-state index contributed by atoms with van der Waals surface area (Å²) in [5.41, 5.74) is 4.31. The number of aryl methyl sites for hydroxylation is 1. The summed E-state index contributed by atoms with van der Waals surface area (Å²) in [5.74, 6) is 0.0164. The van der Waals surface area contributed by atoms with E-state index in [0.717, 1.165) is 24.1 Å². The molecule has 0 aromatic heterocycles. The van der Waals surface area contributed by atoms with E-state index in [1.807, 2.05) is 18.2 Å². The molecule has 1 aliphatic heterocycles. The average Bonchev–Trinajstić information content (AvgIpc) is 3.15. The quantitative estimate of drug-likeness (QED) is 0.878. The second kappa shape index (κ2) is 8.11. The Morgan fingerprint density at radius 2 is 1.75 bits per heavy atom. The fourth-order valence-corrected chi connectivity index (χ4v) is 3.25. The van der Waals surface area contributed by atoms with Crippen molar-refractivity contribution in [2.45, 2.75) is 26.2 Å². The molecule has 0 aliphatic carbocycles. The Bertz CT molecular complexity index is 690. The van der Waals surface area contributed by atoms with Crippen LogP contribution in [0.3, 0.4) is 0 Å². The lowest BCUT2D eigenvalue weighted by Gasteiger charge is -2.15. The van der Waals surface area contributed by atoms with Crippen molar-refractivity contribution in [3.63, 3.8) is 0 Å². The standard InChI is InChI=1S/C21H26N2O/c1-2-17-7-5-8-18(15-17)19-9-6-10-20(16-19)21(24)22-11-14-23-12-3-4-13-23/h5-10,15-16H,2-4,11-14H2,1H3,(H,22,24). The van der Waals surface area contributed by atoms with E-state index in [-0.39, 0.29) is 5.91 Å². The van der Waals surface area contributed by atoms with Crippen LogP contribution in [0.2, 0.25) is 0 Å². The molecule has 1 heterocycles. The van der Waals surface area contributed by atoms with Crippen LogP contribution < -0.4 is 5.32 Å². The summed E-state index contributed by atoms with van der Waals surface area (Å²) in [6, 6.07) is 16.4. The average molecular weight is 322 g/mol. The van der Waals surface area contributed by atoms with Gasteiger partial charge in [-0.2, -0.15) is 0 Å². The van der Waals surface area contributed by atoms with E-state index < -0.39 is 0 Å². The summed E-state index contributed by atoms with van der Waals surface area (Å²) >= 11 is 0. The van der Waals surface area contributed by atoms with Crippen LogP contribution in [0.4, 0.5) is 0 Å². The van der Waals surface area contributed by atoms with Crippen LogP contribution in [0, 0.1) is 0 Å². The topological polar surface area (TPSA) is 32.3 Å². The van der Waals surface area contributed by atoms with Crippen LogP contribution >= 0.6 is 0 Å². The first kappa shape index (κ1) is 16.7. The van der Waals surface area contributed by atoms with Crippen molar-refractivity contribution < 1.29 is 4.79 Å². The second-order valence-corrected chi connectivity index (χ2v) is 6.44. The molecule has 0 atom stereocenters. The molecule has 0 spiro atoms. The highest BCUT2D eigenvalue weighted by molar-refractivity contribution is 5.95. The molecule has 0 radical (unpaired) electrons. The molecule has 0 unspecified atom stereocenters. The lowest BCUT2D eigenvalue weighted by atomic mass is 10.00. The largest absolute Gasteiger partial charge is 0.351 e. The number of rotatable bonds is 6. The predicted octanol–water partition coefficient (Wildman–Crippen LogP) is 3.74. The van der Waals surface area contributed by atoms with E-state index in [0.29, 0.717) is 6.54 Å². The molecule has 3 heteroatoms. The molecule has 3 rings (SSSR count). The molecule has 1 amide bonds. The van der Waals surface area contributed by atoms with Gasteiger partial charge in [0.2, 0.25) is 0 Å². The van der Waals surface area contributed by atoms with Crippen molar-refractivity contribution in [2.75, 3.05) is 26.2 Å². The minimum Gasteiger partial charge on any atom is -0.351 e. The molecule has 24 heavy (non-hydrogen) atoms. The van der Waals surface area contributed by atoms with Crippen molar-refractivity contribution in [1.29, 1.82) is 0 Å². The van der Waals surface area contributed by atoms with Gasteiger partial charge in [0.05, 0.1) is 0 Å². The van der Waals surface area contributed by atoms with Gasteiger partial charge in [-0.1, -0.05) is 43.3 Å². The maximum absolute atomic E-state index is 12.4. The number of carbonyl (C=O) groups is 1. The SMILES string of the molecule is CCc1cccc(-c2cccc(C(=O)NCCN3CCCC3)c2)c1. The first-order valence-corrected chi connectivity index (χ1v) is 8.96. The third kappa shape index (κ3) is 4.24. The first-order chi connectivity index (χ1) is 11.8. The number of likely N-dealkylation sites (tertiary alicyclic amines) is 1. The zero-order valence-electron chi connectivity index (χ0n) is 14.4. The summed E-state index contributed by atoms with van der Waals surface area (Å²) < 4.78 is 0. The van der Waals surface area contributed by atoms with E-state index in [2.05, 4.69) is 47.5 Å². The first-order valence-electron chi connectivity index (χ1n) is 8.96. The molecule has 0 bridgehead atoms. The van der Waals surface area contributed by atoms with E-state index in [9.17, 15) is 4.79 Å². The van der Waals surface area contributed by atoms with Crippen LogP contribution in [-0.2, 0) is 6.42 Å². The predicted molar refractivity (Wildman–Crippen MR) is 99.3 cm³/mol. The zero-order valence-corrected chi connectivity index (χ0v) is 14.4. The molecule has 1 saturated heterocycles. The number of nitrogens with zero attached hydrogens (tertiary/aromatic N) is 1. The van der Waals surface area contributed by atoms with Gasteiger partial charge in [-0.3, -0.25) is 4.79 Å². The maximum atomic E-state index is 12.4. The minimum absolute atomic E-state index is 0.0164. The molecule has 126 valence electrons. The smallest absolute Gasteiger partial charge is 0.251 e. The molecule has 1 aliphatic rings. The molecule has 2 aromatic rings. The number of hydrogen-bond donors (Lipinski definition) is 1. The number of hydrogen-bond acceptors (Lipinski definition) is 2.